The number of benzene rings is 1. The monoisotopic (exact) mass is 444 g/mol. The Morgan fingerprint density at radius 3 is 2.52 bits per heavy atom. The summed E-state index contributed by atoms with van der Waals surface area (Å²) in [6.45, 7) is 9.14. The molecule has 1 aliphatic rings. The summed E-state index contributed by atoms with van der Waals surface area (Å²) >= 11 is 0. The van der Waals surface area contributed by atoms with Crippen LogP contribution in [0.25, 0.3) is 11.0 Å². The second-order valence-corrected chi connectivity index (χ2v) is 11.0. The minimum absolute atomic E-state index is 0.153. The third kappa shape index (κ3) is 4.32. The van der Waals surface area contributed by atoms with E-state index in [2.05, 4.69) is 35.1 Å². The minimum Gasteiger partial charge on any atom is -0.481 e. The Kier molecular flexibility index (Phi) is 5.79. The molecule has 2 aromatic heterocycles. The highest BCUT2D eigenvalue weighted by Crippen LogP contribution is 2.31. The van der Waals surface area contributed by atoms with Crippen LogP contribution in [0.3, 0.4) is 0 Å². The summed E-state index contributed by atoms with van der Waals surface area (Å²) in [7, 11) is -2.25. The third-order valence-corrected chi connectivity index (χ3v) is 7.51. The molecule has 1 fully saturated rings. The van der Waals surface area contributed by atoms with Crippen molar-refractivity contribution < 1.29 is 17.9 Å². The second kappa shape index (κ2) is 8.24. The first-order chi connectivity index (χ1) is 14.7. The van der Waals surface area contributed by atoms with Gasteiger partial charge in [0.15, 0.2) is 0 Å². The molecule has 3 heterocycles. The van der Waals surface area contributed by atoms with Gasteiger partial charge in [0.1, 0.15) is 19.0 Å². The van der Waals surface area contributed by atoms with Crippen molar-refractivity contribution in [1.29, 1.82) is 0 Å². The molecule has 0 aliphatic carbocycles. The zero-order valence-corrected chi connectivity index (χ0v) is 19.3. The van der Waals surface area contributed by atoms with Crippen LogP contribution in [0.5, 0.6) is 5.88 Å². The smallest absolute Gasteiger partial charge is 0.214 e. The van der Waals surface area contributed by atoms with Crippen molar-refractivity contribution in [3.05, 3.63) is 42.4 Å². The molecule has 0 bridgehead atoms. The Morgan fingerprint density at radius 2 is 1.84 bits per heavy atom. The Balaban J connectivity index is 1.78. The van der Waals surface area contributed by atoms with E-state index in [0.717, 1.165) is 43.9 Å². The number of hydrogen-bond donors (Lipinski definition) is 0. The van der Waals surface area contributed by atoms with Crippen molar-refractivity contribution in [2.24, 2.45) is 5.92 Å². The first-order valence-electron chi connectivity index (χ1n) is 10.6. The van der Waals surface area contributed by atoms with Crippen LogP contribution >= 0.6 is 0 Å². The van der Waals surface area contributed by atoms with Crippen molar-refractivity contribution in [2.45, 2.75) is 55.4 Å². The number of methoxy groups -OCH3 is 1. The van der Waals surface area contributed by atoms with Gasteiger partial charge in [0.05, 0.1) is 27.9 Å². The molecule has 7 nitrogen and oxygen atoms in total. The fraction of sp³-hybridized carbons (Fsp3) is 0.478. The zero-order valence-electron chi connectivity index (χ0n) is 18.5. The lowest BCUT2D eigenvalue weighted by molar-refractivity contribution is -0.0810. The van der Waals surface area contributed by atoms with Crippen molar-refractivity contribution in [2.75, 3.05) is 20.3 Å². The first kappa shape index (κ1) is 21.8. The number of nitrogens with zero attached hydrogens (tertiary/aromatic N) is 3. The van der Waals surface area contributed by atoms with Gasteiger partial charge >= 0.3 is 0 Å². The van der Waals surface area contributed by atoms with E-state index in [9.17, 15) is 8.42 Å². The summed E-state index contributed by atoms with van der Waals surface area (Å²) in [4.78, 5) is 9.26. The highest BCUT2D eigenvalue weighted by molar-refractivity contribution is 7.91. The lowest BCUT2D eigenvalue weighted by Gasteiger charge is -2.25. The van der Waals surface area contributed by atoms with Crippen molar-refractivity contribution in [3.63, 3.8) is 0 Å². The van der Waals surface area contributed by atoms with Crippen LogP contribution in [0.4, 0.5) is 0 Å². The van der Waals surface area contributed by atoms with Crippen LogP contribution in [0.1, 0.15) is 39.4 Å². The highest BCUT2D eigenvalue weighted by atomic mass is 32.2. The third-order valence-electron chi connectivity index (χ3n) is 5.76. The Bertz CT molecular complexity index is 1190. The molecule has 4 rings (SSSR count). The van der Waals surface area contributed by atoms with Gasteiger partial charge in [-0.3, -0.25) is 0 Å². The Hall–Kier alpha value is -2.45. The second-order valence-electron chi connectivity index (χ2n) is 9.10. The molecular weight excluding hydrogens is 414 g/mol. The van der Waals surface area contributed by atoms with Crippen LogP contribution in [0.2, 0.25) is 0 Å². The van der Waals surface area contributed by atoms with Crippen LogP contribution in [-0.4, -0.2) is 48.0 Å². The normalized spacial score (nSPS) is 16.0. The Labute approximate surface area is 183 Å². The van der Waals surface area contributed by atoms with E-state index in [1.165, 1.54) is 25.4 Å². The van der Waals surface area contributed by atoms with Gasteiger partial charge in [-0.05, 0) is 30.2 Å². The molecule has 1 aliphatic heterocycles. The van der Waals surface area contributed by atoms with E-state index in [0.29, 0.717) is 11.4 Å². The standard InChI is InChI=1S/C23H29N3O4S/c1-23(2,3)22-25-19-13-17(31(27,28)18-7-10-24-21(14-18)29-4)5-6-20(19)26(22)15-16-8-11-30-12-9-16/h5-7,10,13-14,16H,8-9,11-12,15H2,1-4H3/p+1. The van der Waals surface area contributed by atoms with E-state index in [1.54, 1.807) is 12.1 Å². The predicted molar refractivity (Wildman–Crippen MR) is 119 cm³/mol. The number of sulfone groups is 1. The molecule has 1 N–H and O–H groups in total. The largest absolute Gasteiger partial charge is 0.481 e. The van der Waals surface area contributed by atoms with Gasteiger partial charge in [-0.2, -0.15) is 0 Å². The first-order valence-corrected chi connectivity index (χ1v) is 12.1. The fourth-order valence-electron chi connectivity index (χ4n) is 4.08. The SMILES string of the molecule is COc1cc(S(=O)(=O)c2ccc3c(c2)nc(C(C)(C)C)n3CC2CC[OH+]CC2)ccn1. The summed E-state index contributed by atoms with van der Waals surface area (Å²) in [6, 6.07) is 8.16. The van der Waals surface area contributed by atoms with E-state index in [1.807, 2.05) is 6.07 Å². The Morgan fingerprint density at radius 1 is 1.13 bits per heavy atom. The van der Waals surface area contributed by atoms with E-state index >= 15 is 0 Å². The molecule has 0 saturated carbocycles. The molecule has 0 amide bonds. The maximum atomic E-state index is 13.2. The van der Waals surface area contributed by atoms with E-state index < -0.39 is 9.84 Å². The number of fused-ring (bicyclic) bond motifs is 1. The fourth-order valence-corrected chi connectivity index (χ4v) is 5.37. The quantitative estimate of drug-likeness (QED) is 0.562. The zero-order chi connectivity index (χ0) is 22.2. The van der Waals surface area contributed by atoms with Gasteiger partial charge in [0, 0.05) is 37.1 Å². The highest BCUT2D eigenvalue weighted by Gasteiger charge is 2.27. The molecule has 31 heavy (non-hydrogen) atoms. The number of pyridine rings is 1. The summed E-state index contributed by atoms with van der Waals surface area (Å²) < 4.78 is 38.3. The average Bonchev–Trinajstić information content (AvgIpc) is 3.12. The summed E-state index contributed by atoms with van der Waals surface area (Å²) in [5.74, 6) is 1.80. The molecule has 166 valence electrons. The van der Waals surface area contributed by atoms with Crippen LogP contribution in [0, 0.1) is 5.92 Å². The average molecular weight is 445 g/mol. The van der Waals surface area contributed by atoms with E-state index in [4.69, 9.17) is 9.72 Å². The molecular formula is C23H30N3O4S+. The molecule has 1 saturated heterocycles. The van der Waals surface area contributed by atoms with Crippen LogP contribution in [0.15, 0.2) is 46.3 Å². The number of aliphatic hydroxyl groups is 2. The lowest BCUT2D eigenvalue weighted by atomic mass is 9.94. The molecule has 0 unspecified atom stereocenters. The van der Waals surface area contributed by atoms with Gasteiger partial charge in [-0.1, -0.05) is 20.8 Å². The van der Waals surface area contributed by atoms with Crippen molar-refractivity contribution in [1.82, 2.24) is 14.5 Å². The number of ether oxygens (including phenoxy) is 2. The maximum absolute atomic E-state index is 13.2. The van der Waals surface area contributed by atoms with E-state index in [-0.39, 0.29) is 21.1 Å². The molecule has 1 aromatic carbocycles. The van der Waals surface area contributed by atoms with Gasteiger partial charge in [-0.15, -0.1) is 0 Å². The molecule has 0 spiro atoms. The van der Waals surface area contributed by atoms with Crippen LogP contribution in [-0.2, 0) is 21.8 Å². The van der Waals surface area contributed by atoms with Crippen molar-refractivity contribution >= 4 is 20.9 Å². The van der Waals surface area contributed by atoms with Gasteiger partial charge in [-0.25, -0.2) is 18.4 Å². The number of imidazole rings is 1. The molecule has 0 atom stereocenters. The van der Waals surface area contributed by atoms with Gasteiger partial charge in [0.2, 0.25) is 15.7 Å². The van der Waals surface area contributed by atoms with Crippen LogP contribution < -0.4 is 4.74 Å². The van der Waals surface area contributed by atoms with Gasteiger partial charge in [0.25, 0.3) is 0 Å². The topological polar surface area (TPSA) is 86.9 Å². The number of rotatable bonds is 5. The minimum atomic E-state index is -3.71. The summed E-state index contributed by atoms with van der Waals surface area (Å²) in [5, 5.41) is 0. The van der Waals surface area contributed by atoms with Crippen molar-refractivity contribution in [3.8, 4) is 5.88 Å². The van der Waals surface area contributed by atoms with Gasteiger partial charge < -0.3 is 14.0 Å². The predicted octanol–water partition coefficient (Wildman–Crippen LogP) is 3.51. The molecule has 3 aromatic rings. The number of hydrogen-bond acceptors (Lipinski definition) is 5. The molecule has 8 heteroatoms. The number of aromatic nitrogens is 3. The molecule has 0 radical (unpaired) electrons. The lowest BCUT2D eigenvalue weighted by Crippen LogP contribution is -2.26. The maximum Gasteiger partial charge on any atom is 0.214 e. The summed E-state index contributed by atoms with van der Waals surface area (Å²) in [6.07, 6.45) is 3.60. The summed E-state index contributed by atoms with van der Waals surface area (Å²) in [5.41, 5.74) is 1.52.